The molecule has 0 saturated heterocycles. The van der Waals surface area contributed by atoms with Crippen LogP contribution in [0, 0.1) is 3.57 Å². The molecule has 3 nitrogen and oxygen atoms in total. The lowest BCUT2D eigenvalue weighted by Gasteiger charge is -2.10. The average molecular weight is 409 g/mol. The molecule has 5 heteroatoms. The Hall–Kier alpha value is -1.66. The van der Waals surface area contributed by atoms with E-state index in [1.165, 1.54) is 0 Å². The summed E-state index contributed by atoms with van der Waals surface area (Å²) in [5.74, 6) is -0.158. The molecular weight excluding hydrogens is 399 g/mol. The van der Waals surface area contributed by atoms with E-state index in [0.717, 1.165) is 8.96 Å². The van der Waals surface area contributed by atoms with Crippen molar-refractivity contribution < 1.29 is 4.79 Å². The highest BCUT2D eigenvalue weighted by atomic mass is 127. The van der Waals surface area contributed by atoms with Gasteiger partial charge in [0.1, 0.15) is 0 Å². The molecule has 21 heavy (non-hydrogen) atoms. The highest BCUT2D eigenvalue weighted by Crippen LogP contribution is 2.28. The Morgan fingerprint density at radius 2 is 1.90 bits per heavy atom. The number of aromatic nitrogens is 1. The molecule has 0 atom stereocenters. The number of pyridine rings is 1. The Kier molecular flexibility index (Phi) is 4.07. The summed E-state index contributed by atoms with van der Waals surface area (Å²) < 4.78 is 0.902. The van der Waals surface area contributed by atoms with Crippen molar-refractivity contribution in [1.29, 1.82) is 0 Å². The SMILES string of the molecule is O=C(Nc1ccc(Cl)c2cccnc12)c1ccccc1I. The van der Waals surface area contributed by atoms with Crippen LogP contribution in [0.3, 0.4) is 0 Å². The number of carbonyl (C=O) groups excluding carboxylic acids is 1. The second kappa shape index (κ2) is 5.99. The highest BCUT2D eigenvalue weighted by molar-refractivity contribution is 14.1. The molecule has 0 aliphatic rings. The van der Waals surface area contributed by atoms with Gasteiger partial charge in [-0.2, -0.15) is 0 Å². The number of nitrogens with zero attached hydrogens (tertiary/aromatic N) is 1. The summed E-state index contributed by atoms with van der Waals surface area (Å²) >= 11 is 8.30. The van der Waals surface area contributed by atoms with E-state index in [2.05, 4.69) is 32.9 Å². The van der Waals surface area contributed by atoms with Crippen LogP contribution >= 0.6 is 34.2 Å². The van der Waals surface area contributed by atoms with Gasteiger partial charge >= 0.3 is 0 Å². The molecule has 1 aromatic heterocycles. The predicted octanol–water partition coefficient (Wildman–Crippen LogP) is 4.75. The maximum absolute atomic E-state index is 12.4. The van der Waals surface area contributed by atoms with E-state index in [1.807, 2.05) is 30.3 Å². The minimum atomic E-state index is -0.158. The molecule has 3 rings (SSSR count). The highest BCUT2D eigenvalue weighted by Gasteiger charge is 2.12. The lowest BCUT2D eigenvalue weighted by molar-refractivity contribution is 0.102. The number of hydrogen-bond acceptors (Lipinski definition) is 2. The smallest absolute Gasteiger partial charge is 0.256 e. The quantitative estimate of drug-likeness (QED) is 0.622. The monoisotopic (exact) mass is 408 g/mol. The number of halogens is 2. The molecule has 3 aromatic rings. The molecular formula is C16H10ClIN2O. The zero-order valence-electron chi connectivity index (χ0n) is 10.8. The van der Waals surface area contributed by atoms with Crippen molar-refractivity contribution in [2.75, 3.05) is 5.32 Å². The van der Waals surface area contributed by atoms with Crippen molar-refractivity contribution in [3.05, 3.63) is 68.9 Å². The van der Waals surface area contributed by atoms with E-state index in [9.17, 15) is 4.79 Å². The average Bonchev–Trinajstić information content (AvgIpc) is 2.51. The van der Waals surface area contributed by atoms with Crippen molar-refractivity contribution in [2.45, 2.75) is 0 Å². The van der Waals surface area contributed by atoms with Gasteiger partial charge in [-0.25, -0.2) is 0 Å². The van der Waals surface area contributed by atoms with Gasteiger partial charge in [0.05, 0.1) is 21.8 Å². The number of nitrogens with one attached hydrogen (secondary N) is 1. The molecule has 0 aliphatic heterocycles. The fourth-order valence-electron chi connectivity index (χ4n) is 2.07. The Morgan fingerprint density at radius 3 is 2.71 bits per heavy atom. The van der Waals surface area contributed by atoms with Crippen LogP contribution in [0.1, 0.15) is 10.4 Å². The second-order valence-electron chi connectivity index (χ2n) is 4.43. The Morgan fingerprint density at radius 1 is 1.10 bits per heavy atom. The summed E-state index contributed by atoms with van der Waals surface area (Å²) in [7, 11) is 0. The maximum Gasteiger partial charge on any atom is 0.256 e. The predicted molar refractivity (Wildman–Crippen MR) is 93.9 cm³/mol. The van der Waals surface area contributed by atoms with E-state index in [0.29, 0.717) is 21.8 Å². The maximum atomic E-state index is 12.4. The first-order valence-electron chi connectivity index (χ1n) is 6.26. The Balaban J connectivity index is 2.01. The molecule has 1 heterocycles. The molecule has 0 spiro atoms. The molecule has 0 radical (unpaired) electrons. The van der Waals surface area contributed by atoms with Gasteiger partial charge < -0.3 is 5.32 Å². The number of rotatable bonds is 2. The summed E-state index contributed by atoms with van der Waals surface area (Å²) in [4.78, 5) is 16.7. The minimum Gasteiger partial charge on any atom is -0.320 e. The van der Waals surface area contributed by atoms with Crippen molar-refractivity contribution >= 4 is 56.7 Å². The van der Waals surface area contributed by atoms with Crippen molar-refractivity contribution in [2.24, 2.45) is 0 Å². The van der Waals surface area contributed by atoms with E-state index in [4.69, 9.17) is 11.6 Å². The van der Waals surface area contributed by atoms with Gasteiger partial charge in [-0.05, 0) is 59.0 Å². The van der Waals surface area contributed by atoms with Crippen molar-refractivity contribution in [3.63, 3.8) is 0 Å². The summed E-state index contributed by atoms with van der Waals surface area (Å²) in [5.41, 5.74) is 1.97. The zero-order valence-corrected chi connectivity index (χ0v) is 13.7. The summed E-state index contributed by atoms with van der Waals surface area (Å²) in [5, 5.41) is 4.34. The van der Waals surface area contributed by atoms with Gasteiger partial charge in [0.15, 0.2) is 0 Å². The third-order valence-electron chi connectivity index (χ3n) is 3.08. The second-order valence-corrected chi connectivity index (χ2v) is 6.00. The van der Waals surface area contributed by atoms with Crippen LogP contribution in [0.2, 0.25) is 5.02 Å². The van der Waals surface area contributed by atoms with E-state index >= 15 is 0 Å². The van der Waals surface area contributed by atoms with Crippen LogP contribution in [0.4, 0.5) is 5.69 Å². The van der Waals surface area contributed by atoms with E-state index < -0.39 is 0 Å². The van der Waals surface area contributed by atoms with E-state index in [-0.39, 0.29) is 5.91 Å². The molecule has 104 valence electrons. The lowest BCUT2D eigenvalue weighted by Crippen LogP contribution is -2.13. The third-order valence-corrected chi connectivity index (χ3v) is 4.35. The van der Waals surface area contributed by atoms with Gasteiger partial charge in [0.25, 0.3) is 5.91 Å². The standard InChI is InChI=1S/C16H10ClIN2O/c17-12-7-8-14(15-10(12)5-3-9-19-15)20-16(21)11-4-1-2-6-13(11)18/h1-9H,(H,20,21). The molecule has 1 N–H and O–H groups in total. The van der Waals surface area contributed by atoms with Crippen LogP contribution in [0.25, 0.3) is 10.9 Å². The van der Waals surface area contributed by atoms with Crippen LogP contribution in [-0.4, -0.2) is 10.9 Å². The number of fused-ring (bicyclic) bond motifs is 1. The topological polar surface area (TPSA) is 42.0 Å². The first-order chi connectivity index (χ1) is 10.2. The number of benzene rings is 2. The van der Waals surface area contributed by atoms with Crippen LogP contribution in [0.5, 0.6) is 0 Å². The minimum absolute atomic E-state index is 0.158. The molecule has 0 saturated carbocycles. The number of carbonyl (C=O) groups is 1. The molecule has 0 bridgehead atoms. The lowest BCUT2D eigenvalue weighted by atomic mass is 10.1. The van der Waals surface area contributed by atoms with Gasteiger partial charge in [0, 0.05) is 15.2 Å². The van der Waals surface area contributed by atoms with Gasteiger partial charge in [0.2, 0.25) is 0 Å². The molecule has 0 fully saturated rings. The van der Waals surface area contributed by atoms with Crippen molar-refractivity contribution in [1.82, 2.24) is 4.98 Å². The summed E-state index contributed by atoms with van der Waals surface area (Å²) in [6.07, 6.45) is 1.68. The summed E-state index contributed by atoms with van der Waals surface area (Å²) in [6.45, 7) is 0. The molecule has 1 amide bonds. The van der Waals surface area contributed by atoms with Gasteiger partial charge in [-0.1, -0.05) is 23.7 Å². The molecule has 0 aliphatic carbocycles. The van der Waals surface area contributed by atoms with Crippen molar-refractivity contribution in [3.8, 4) is 0 Å². The first kappa shape index (κ1) is 14.3. The molecule has 0 unspecified atom stereocenters. The Labute approximate surface area is 140 Å². The van der Waals surface area contributed by atoms with Gasteiger partial charge in [-0.3, -0.25) is 9.78 Å². The first-order valence-corrected chi connectivity index (χ1v) is 7.71. The van der Waals surface area contributed by atoms with Crippen LogP contribution in [-0.2, 0) is 0 Å². The van der Waals surface area contributed by atoms with E-state index in [1.54, 1.807) is 24.4 Å². The van der Waals surface area contributed by atoms with Crippen LogP contribution in [0.15, 0.2) is 54.7 Å². The molecule has 2 aromatic carbocycles. The number of anilines is 1. The van der Waals surface area contributed by atoms with Crippen LogP contribution < -0.4 is 5.32 Å². The fourth-order valence-corrected chi connectivity index (χ4v) is 2.92. The third kappa shape index (κ3) is 2.87. The summed E-state index contributed by atoms with van der Waals surface area (Å²) in [6, 6.07) is 14.7. The Bertz CT molecular complexity index is 835. The number of hydrogen-bond donors (Lipinski definition) is 1. The normalized spacial score (nSPS) is 10.6. The number of amides is 1. The fraction of sp³-hybridized carbons (Fsp3) is 0. The largest absolute Gasteiger partial charge is 0.320 e. The zero-order chi connectivity index (χ0) is 14.8. The van der Waals surface area contributed by atoms with Gasteiger partial charge in [-0.15, -0.1) is 0 Å².